The van der Waals surface area contributed by atoms with Gasteiger partial charge in [0.15, 0.2) is 9.84 Å². The highest BCUT2D eigenvalue weighted by atomic mass is 32.2. The zero-order chi connectivity index (χ0) is 15.7. The van der Waals surface area contributed by atoms with Crippen molar-refractivity contribution in [3.8, 4) is 0 Å². The van der Waals surface area contributed by atoms with Gasteiger partial charge in [-0.25, -0.2) is 12.8 Å². The highest BCUT2D eigenvalue weighted by Gasteiger charge is 2.29. The molecule has 1 fully saturated rings. The average Bonchev–Trinajstić information content (AvgIpc) is 2.77. The van der Waals surface area contributed by atoms with E-state index in [1.54, 1.807) is 6.07 Å². The molecule has 5 nitrogen and oxygen atoms in total. The molecule has 0 bridgehead atoms. The van der Waals surface area contributed by atoms with Crippen LogP contribution < -0.4 is 10.2 Å². The van der Waals surface area contributed by atoms with Gasteiger partial charge in [0.05, 0.1) is 18.1 Å². The van der Waals surface area contributed by atoms with Gasteiger partial charge in [0.1, 0.15) is 5.82 Å². The van der Waals surface area contributed by atoms with E-state index in [2.05, 4.69) is 5.32 Å². The maximum atomic E-state index is 13.3. The predicted molar refractivity (Wildman–Crippen MR) is 82.1 cm³/mol. The number of nitrogens with zero attached hydrogens (tertiary/aromatic N) is 1. The molecule has 7 heteroatoms. The molecule has 1 aromatic carbocycles. The van der Waals surface area contributed by atoms with Crippen LogP contribution in [0.4, 0.5) is 10.1 Å². The van der Waals surface area contributed by atoms with Crippen LogP contribution >= 0.6 is 0 Å². The van der Waals surface area contributed by atoms with Crippen LogP contribution in [0.15, 0.2) is 18.2 Å². The largest absolute Gasteiger partial charge is 0.362 e. The number of fused-ring (bicyclic) bond motifs is 1. The van der Waals surface area contributed by atoms with E-state index in [0.29, 0.717) is 6.42 Å². The van der Waals surface area contributed by atoms with Crippen LogP contribution in [0.5, 0.6) is 0 Å². The molecule has 3 rings (SSSR count). The fourth-order valence-electron chi connectivity index (χ4n) is 3.16. The number of hydrogen-bond acceptors (Lipinski definition) is 4. The number of nitrogens with one attached hydrogen (secondary N) is 1. The van der Waals surface area contributed by atoms with Crippen LogP contribution in [0.1, 0.15) is 18.4 Å². The van der Waals surface area contributed by atoms with Gasteiger partial charge in [0, 0.05) is 18.3 Å². The molecule has 0 spiro atoms. The van der Waals surface area contributed by atoms with E-state index < -0.39 is 9.84 Å². The number of halogens is 1. The Hall–Kier alpha value is -1.63. The Morgan fingerprint density at radius 3 is 2.95 bits per heavy atom. The van der Waals surface area contributed by atoms with Gasteiger partial charge in [-0.05, 0) is 43.0 Å². The second-order valence-corrected chi connectivity index (χ2v) is 8.19. The van der Waals surface area contributed by atoms with Crippen molar-refractivity contribution in [3.63, 3.8) is 0 Å². The minimum absolute atomic E-state index is 0.0283. The molecule has 120 valence electrons. The molecule has 0 aliphatic carbocycles. The van der Waals surface area contributed by atoms with Crippen molar-refractivity contribution in [2.75, 3.05) is 29.5 Å². The fraction of sp³-hybridized carbons (Fsp3) is 0.533. The molecule has 1 atom stereocenters. The van der Waals surface area contributed by atoms with Crippen molar-refractivity contribution in [1.82, 2.24) is 5.32 Å². The lowest BCUT2D eigenvalue weighted by molar-refractivity contribution is -0.120. The summed E-state index contributed by atoms with van der Waals surface area (Å²) in [7, 11) is -3.00. The molecule has 22 heavy (non-hydrogen) atoms. The van der Waals surface area contributed by atoms with Crippen molar-refractivity contribution in [3.05, 3.63) is 29.6 Å². The molecule has 0 aromatic heterocycles. The van der Waals surface area contributed by atoms with Crippen LogP contribution in [0, 0.1) is 5.82 Å². The standard InChI is InChI=1S/C15H19FN2O3S/c16-12-3-4-14-11(8-12)2-1-6-18(14)9-15(19)17-13-5-7-22(20,21)10-13/h3-4,8,13H,1-2,5-7,9-10H2,(H,17,19)/t13-/m0/s1. The molecule has 0 saturated carbocycles. The van der Waals surface area contributed by atoms with E-state index in [9.17, 15) is 17.6 Å². The molecule has 1 aromatic rings. The molecule has 2 aliphatic rings. The number of anilines is 1. The SMILES string of the molecule is O=C(CN1CCCc2cc(F)ccc21)N[C@H]1CCS(=O)(=O)C1. The van der Waals surface area contributed by atoms with E-state index in [4.69, 9.17) is 0 Å². The van der Waals surface area contributed by atoms with E-state index in [0.717, 1.165) is 30.6 Å². The number of amides is 1. The lowest BCUT2D eigenvalue weighted by atomic mass is 10.0. The third kappa shape index (κ3) is 3.40. The Morgan fingerprint density at radius 1 is 1.41 bits per heavy atom. The molecular weight excluding hydrogens is 307 g/mol. The number of benzene rings is 1. The molecule has 2 aliphatic heterocycles. The first-order valence-electron chi connectivity index (χ1n) is 7.46. The van der Waals surface area contributed by atoms with E-state index in [1.807, 2.05) is 4.90 Å². The summed E-state index contributed by atoms with van der Waals surface area (Å²) in [6.07, 6.45) is 2.17. The quantitative estimate of drug-likeness (QED) is 0.895. The van der Waals surface area contributed by atoms with Gasteiger partial charge in [-0.2, -0.15) is 0 Å². The second-order valence-electron chi connectivity index (χ2n) is 5.97. The van der Waals surface area contributed by atoms with Crippen LogP contribution in [0.25, 0.3) is 0 Å². The van der Waals surface area contributed by atoms with Gasteiger partial charge in [-0.15, -0.1) is 0 Å². The number of hydrogen-bond donors (Lipinski definition) is 1. The number of carbonyl (C=O) groups is 1. The van der Waals surface area contributed by atoms with Crippen molar-refractivity contribution in [2.24, 2.45) is 0 Å². The van der Waals surface area contributed by atoms with Crippen LogP contribution in [0.3, 0.4) is 0 Å². The third-order valence-electron chi connectivity index (χ3n) is 4.19. The summed E-state index contributed by atoms with van der Waals surface area (Å²) in [5.41, 5.74) is 1.81. The highest BCUT2D eigenvalue weighted by molar-refractivity contribution is 7.91. The summed E-state index contributed by atoms with van der Waals surface area (Å²) in [5, 5.41) is 2.79. The fourth-order valence-corrected chi connectivity index (χ4v) is 4.84. The van der Waals surface area contributed by atoms with Crippen molar-refractivity contribution in [1.29, 1.82) is 0 Å². The lowest BCUT2D eigenvalue weighted by Gasteiger charge is -2.31. The Kier molecular flexibility index (Phi) is 4.08. The summed E-state index contributed by atoms with van der Waals surface area (Å²) >= 11 is 0. The number of rotatable bonds is 3. The second kappa shape index (κ2) is 5.87. The molecule has 1 saturated heterocycles. The summed E-state index contributed by atoms with van der Waals surface area (Å²) in [4.78, 5) is 14.1. The predicted octanol–water partition coefficient (Wildman–Crippen LogP) is 0.882. The summed E-state index contributed by atoms with van der Waals surface area (Å²) < 4.78 is 36.1. The topological polar surface area (TPSA) is 66.5 Å². The Morgan fingerprint density at radius 2 is 2.23 bits per heavy atom. The molecule has 0 unspecified atom stereocenters. The van der Waals surface area contributed by atoms with Crippen LogP contribution in [-0.4, -0.2) is 45.0 Å². The Labute approximate surface area is 129 Å². The van der Waals surface area contributed by atoms with Gasteiger partial charge in [-0.3, -0.25) is 4.79 Å². The molecule has 2 heterocycles. The van der Waals surface area contributed by atoms with Crippen molar-refractivity contribution >= 4 is 21.4 Å². The zero-order valence-corrected chi connectivity index (χ0v) is 13.0. The van der Waals surface area contributed by atoms with Crippen LogP contribution in [-0.2, 0) is 21.1 Å². The van der Waals surface area contributed by atoms with Crippen molar-refractivity contribution < 1.29 is 17.6 Å². The first-order valence-corrected chi connectivity index (χ1v) is 9.28. The molecular formula is C15H19FN2O3S. The minimum atomic E-state index is -3.00. The maximum Gasteiger partial charge on any atom is 0.239 e. The summed E-state index contributed by atoms with van der Waals surface area (Å²) in [6, 6.07) is 4.34. The number of aryl methyl sites for hydroxylation is 1. The van der Waals surface area contributed by atoms with Gasteiger partial charge >= 0.3 is 0 Å². The monoisotopic (exact) mass is 326 g/mol. The van der Waals surface area contributed by atoms with Gasteiger partial charge in [0.25, 0.3) is 0 Å². The minimum Gasteiger partial charge on any atom is -0.362 e. The van der Waals surface area contributed by atoms with Gasteiger partial charge in [-0.1, -0.05) is 0 Å². The lowest BCUT2D eigenvalue weighted by Crippen LogP contribution is -2.44. The van der Waals surface area contributed by atoms with E-state index in [1.165, 1.54) is 12.1 Å². The van der Waals surface area contributed by atoms with E-state index >= 15 is 0 Å². The summed E-state index contributed by atoms with van der Waals surface area (Å²) in [5.74, 6) is -0.273. The first kappa shape index (κ1) is 15.3. The third-order valence-corrected chi connectivity index (χ3v) is 5.96. The van der Waals surface area contributed by atoms with E-state index in [-0.39, 0.29) is 35.8 Å². The van der Waals surface area contributed by atoms with Gasteiger partial charge < -0.3 is 10.2 Å². The smallest absolute Gasteiger partial charge is 0.239 e. The van der Waals surface area contributed by atoms with Gasteiger partial charge in [0.2, 0.25) is 5.91 Å². The zero-order valence-electron chi connectivity index (χ0n) is 12.2. The molecule has 1 amide bonds. The highest BCUT2D eigenvalue weighted by Crippen LogP contribution is 2.27. The number of sulfone groups is 1. The summed E-state index contributed by atoms with van der Waals surface area (Å²) in [6.45, 7) is 0.921. The first-order chi connectivity index (χ1) is 10.4. The maximum absolute atomic E-state index is 13.3. The Bertz CT molecular complexity index is 690. The normalized spacial score (nSPS) is 23.1. The average molecular weight is 326 g/mol. The Balaban J connectivity index is 1.63. The van der Waals surface area contributed by atoms with Crippen molar-refractivity contribution in [2.45, 2.75) is 25.3 Å². The van der Waals surface area contributed by atoms with Crippen LogP contribution in [0.2, 0.25) is 0 Å². The molecule has 0 radical (unpaired) electrons. The molecule has 1 N–H and O–H groups in total. The number of carbonyl (C=O) groups excluding carboxylic acids is 1.